The van der Waals surface area contributed by atoms with Crippen LogP contribution in [-0.4, -0.2) is 0 Å². The van der Waals surface area contributed by atoms with Crippen molar-refractivity contribution in [1.82, 2.24) is 0 Å². The molecule has 0 radical (unpaired) electrons. The van der Waals surface area contributed by atoms with E-state index in [0.717, 1.165) is 0 Å². The molecule has 0 fully saturated rings. The van der Waals surface area contributed by atoms with Gasteiger partial charge >= 0.3 is 0 Å². The molecule has 0 N–H and O–H groups in total. The summed E-state index contributed by atoms with van der Waals surface area (Å²) in [6.45, 7) is 0. The lowest BCUT2D eigenvalue weighted by atomic mass is 10.2. The third-order valence-corrected chi connectivity index (χ3v) is 2.28. The van der Waals surface area contributed by atoms with E-state index >= 15 is 0 Å². The number of nitrogens with zero attached hydrogens (tertiary/aromatic N) is 1. The molecule has 0 spiro atoms. The normalized spacial score (nSPS) is 10.2. The van der Waals surface area contributed by atoms with E-state index in [4.69, 9.17) is 10.00 Å². The summed E-state index contributed by atoms with van der Waals surface area (Å²) < 4.78 is 19.0. The second-order valence-electron chi connectivity index (χ2n) is 3.57. The molecule has 2 aromatic rings. The van der Waals surface area contributed by atoms with Crippen LogP contribution in [0, 0.1) is 17.1 Å². The summed E-state index contributed by atoms with van der Waals surface area (Å²) in [6, 6.07) is 15.3. The molecule has 0 heterocycles. The van der Waals surface area contributed by atoms with Crippen LogP contribution in [0.3, 0.4) is 0 Å². The number of rotatable bonds is 3. The molecule has 18 heavy (non-hydrogen) atoms. The SMILES string of the molecule is N#CC=Cc1ccc(F)c(Oc2ccccc2)c1. The Hall–Kier alpha value is -2.60. The first-order chi connectivity index (χ1) is 8.79. The van der Waals surface area contributed by atoms with Crippen molar-refractivity contribution in [3.8, 4) is 17.6 Å². The monoisotopic (exact) mass is 239 g/mol. The van der Waals surface area contributed by atoms with E-state index in [-0.39, 0.29) is 5.75 Å². The van der Waals surface area contributed by atoms with E-state index in [9.17, 15) is 4.39 Å². The summed E-state index contributed by atoms with van der Waals surface area (Å²) in [4.78, 5) is 0. The maximum Gasteiger partial charge on any atom is 0.165 e. The molecule has 88 valence electrons. The molecule has 0 bridgehead atoms. The molecule has 3 heteroatoms. The van der Waals surface area contributed by atoms with Crippen LogP contribution in [0.1, 0.15) is 5.56 Å². The number of hydrogen-bond donors (Lipinski definition) is 0. The molecule has 2 rings (SSSR count). The van der Waals surface area contributed by atoms with E-state index in [1.54, 1.807) is 30.3 Å². The van der Waals surface area contributed by atoms with Crippen LogP contribution in [0.25, 0.3) is 6.08 Å². The Morgan fingerprint density at radius 2 is 1.89 bits per heavy atom. The Balaban J connectivity index is 2.27. The Kier molecular flexibility index (Phi) is 3.72. The number of para-hydroxylation sites is 1. The van der Waals surface area contributed by atoms with E-state index in [2.05, 4.69) is 0 Å². The molecule has 0 aliphatic heterocycles. The lowest BCUT2D eigenvalue weighted by Gasteiger charge is -2.07. The lowest BCUT2D eigenvalue weighted by Crippen LogP contribution is -1.88. The van der Waals surface area contributed by atoms with Gasteiger partial charge in [-0.05, 0) is 35.9 Å². The zero-order chi connectivity index (χ0) is 12.8. The fourth-order valence-corrected chi connectivity index (χ4v) is 1.45. The Morgan fingerprint density at radius 1 is 1.11 bits per heavy atom. The minimum absolute atomic E-state index is 0.140. The van der Waals surface area contributed by atoms with Gasteiger partial charge in [-0.15, -0.1) is 0 Å². The molecule has 0 saturated heterocycles. The van der Waals surface area contributed by atoms with E-state index in [1.165, 1.54) is 12.1 Å². The predicted octanol–water partition coefficient (Wildman–Crippen LogP) is 4.15. The number of halogens is 1. The van der Waals surface area contributed by atoms with E-state index in [1.807, 2.05) is 24.3 Å². The second-order valence-corrected chi connectivity index (χ2v) is 3.57. The van der Waals surface area contributed by atoms with Crippen LogP contribution >= 0.6 is 0 Å². The van der Waals surface area contributed by atoms with Crippen molar-refractivity contribution in [3.05, 3.63) is 66.0 Å². The average Bonchev–Trinajstić information content (AvgIpc) is 2.41. The number of allylic oxidation sites excluding steroid dienone is 1. The van der Waals surface area contributed by atoms with Crippen LogP contribution in [0.4, 0.5) is 4.39 Å². The van der Waals surface area contributed by atoms with Crippen molar-refractivity contribution in [1.29, 1.82) is 5.26 Å². The topological polar surface area (TPSA) is 33.0 Å². The first-order valence-electron chi connectivity index (χ1n) is 5.38. The quantitative estimate of drug-likeness (QED) is 0.753. The van der Waals surface area contributed by atoms with Crippen molar-refractivity contribution in [2.45, 2.75) is 0 Å². The van der Waals surface area contributed by atoms with Gasteiger partial charge in [-0.25, -0.2) is 4.39 Å². The fourth-order valence-electron chi connectivity index (χ4n) is 1.45. The Labute approximate surface area is 105 Å². The molecule has 0 aliphatic rings. The predicted molar refractivity (Wildman–Crippen MR) is 67.6 cm³/mol. The highest BCUT2D eigenvalue weighted by atomic mass is 19.1. The Bertz CT molecular complexity index is 600. The van der Waals surface area contributed by atoms with Gasteiger partial charge < -0.3 is 4.74 Å². The highest BCUT2D eigenvalue weighted by Crippen LogP contribution is 2.25. The summed E-state index contributed by atoms with van der Waals surface area (Å²) >= 11 is 0. The fraction of sp³-hybridized carbons (Fsp3) is 0. The number of ether oxygens (including phenoxy) is 1. The third-order valence-electron chi connectivity index (χ3n) is 2.28. The van der Waals surface area contributed by atoms with Crippen LogP contribution in [0.2, 0.25) is 0 Å². The van der Waals surface area contributed by atoms with E-state index in [0.29, 0.717) is 11.3 Å². The lowest BCUT2D eigenvalue weighted by molar-refractivity contribution is 0.442. The van der Waals surface area contributed by atoms with Gasteiger partial charge in [0.1, 0.15) is 5.75 Å². The van der Waals surface area contributed by atoms with Gasteiger partial charge in [-0.1, -0.05) is 24.3 Å². The summed E-state index contributed by atoms with van der Waals surface area (Å²) in [6.07, 6.45) is 2.93. The van der Waals surface area contributed by atoms with Crippen molar-refractivity contribution in [2.24, 2.45) is 0 Å². The van der Waals surface area contributed by atoms with Gasteiger partial charge in [0.15, 0.2) is 11.6 Å². The number of nitriles is 1. The largest absolute Gasteiger partial charge is 0.454 e. The van der Waals surface area contributed by atoms with Crippen LogP contribution < -0.4 is 4.74 Å². The van der Waals surface area contributed by atoms with Crippen molar-refractivity contribution >= 4 is 6.08 Å². The van der Waals surface area contributed by atoms with Gasteiger partial charge in [0.25, 0.3) is 0 Å². The summed E-state index contributed by atoms with van der Waals surface area (Å²) in [5, 5.41) is 8.44. The minimum atomic E-state index is -0.437. The summed E-state index contributed by atoms with van der Waals surface area (Å²) in [5.74, 6) is 0.270. The van der Waals surface area contributed by atoms with Crippen molar-refractivity contribution in [2.75, 3.05) is 0 Å². The minimum Gasteiger partial charge on any atom is -0.454 e. The van der Waals surface area contributed by atoms with Crippen LogP contribution in [-0.2, 0) is 0 Å². The molecule has 0 aromatic heterocycles. The van der Waals surface area contributed by atoms with Gasteiger partial charge in [0.05, 0.1) is 6.07 Å². The molecule has 0 amide bonds. The van der Waals surface area contributed by atoms with Gasteiger partial charge in [0.2, 0.25) is 0 Å². The third kappa shape index (κ3) is 2.96. The van der Waals surface area contributed by atoms with Crippen LogP contribution in [0.5, 0.6) is 11.5 Å². The smallest absolute Gasteiger partial charge is 0.165 e. The zero-order valence-corrected chi connectivity index (χ0v) is 9.51. The second kappa shape index (κ2) is 5.65. The van der Waals surface area contributed by atoms with E-state index < -0.39 is 5.82 Å². The number of hydrogen-bond acceptors (Lipinski definition) is 2. The standard InChI is InChI=1S/C15H10FNO/c16-14-9-8-12(5-4-10-17)11-15(14)18-13-6-2-1-3-7-13/h1-9,11H. The summed E-state index contributed by atoms with van der Waals surface area (Å²) in [5.41, 5.74) is 0.712. The molecular weight excluding hydrogens is 229 g/mol. The Morgan fingerprint density at radius 3 is 2.61 bits per heavy atom. The molecule has 2 aromatic carbocycles. The molecule has 0 saturated carbocycles. The first kappa shape index (κ1) is 11.9. The van der Waals surface area contributed by atoms with Gasteiger partial charge in [0, 0.05) is 6.08 Å². The van der Waals surface area contributed by atoms with Gasteiger partial charge in [-0.3, -0.25) is 0 Å². The zero-order valence-electron chi connectivity index (χ0n) is 9.51. The highest BCUT2D eigenvalue weighted by Gasteiger charge is 2.04. The van der Waals surface area contributed by atoms with Gasteiger partial charge in [-0.2, -0.15) is 5.26 Å². The van der Waals surface area contributed by atoms with Crippen molar-refractivity contribution < 1.29 is 9.13 Å². The molecule has 0 unspecified atom stereocenters. The maximum absolute atomic E-state index is 13.6. The highest BCUT2D eigenvalue weighted by molar-refractivity contribution is 5.54. The first-order valence-corrected chi connectivity index (χ1v) is 5.38. The molecule has 2 nitrogen and oxygen atoms in total. The maximum atomic E-state index is 13.6. The number of benzene rings is 2. The molecule has 0 atom stereocenters. The molecular formula is C15H10FNO. The molecule has 0 aliphatic carbocycles. The summed E-state index contributed by atoms with van der Waals surface area (Å²) in [7, 11) is 0. The van der Waals surface area contributed by atoms with Crippen LogP contribution in [0.15, 0.2) is 54.6 Å². The average molecular weight is 239 g/mol. The van der Waals surface area contributed by atoms with Crippen molar-refractivity contribution in [3.63, 3.8) is 0 Å².